The third kappa shape index (κ3) is 3.97. The number of carbonyl (C=O) groups excluding carboxylic acids is 1. The summed E-state index contributed by atoms with van der Waals surface area (Å²) in [5.41, 5.74) is 2.32. The van der Waals surface area contributed by atoms with E-state index in [9.17, 15) is 9.00 Å². The second-order valence-electron chi connectivity index (χ2n) is 7.46. The van der Waals surface area contributed by atoms with Crippen molar-refractivity contribution in [2.24, 2.45) is 0 Å². The fourth-order valence-corrected chi connectivity index (χ4v) is 5.00. The number of benzene rings is 3. The molecule has 5 rings (SSSR count). The molecule has 8 heteroatoms. The SMILES string of the molecule is COc1ccc(-n2nc3c(c2NC(=O)COc2ccc4ccccc4c2)CS(=O)C3)cc1. The molecule has 3 aromatic carbocycles. The first-order chi connectivity index (χ1) is 15.6. The van der Waals surface area contributed by atoms with Crippen LogP contribution in [0, 0.1) is 0 Å². The van der Waals surface area contributed by atoms with Crippen LogP contribution in [0.4, 0.5) is 5.82 Å². The number of fused-ring (bicyclic) bond motifs is 2. The maximum absolute atomic E-state index is 12.7. The minimum absolute atomic E-state index is 0.149. The van der Waals surface area contributed by atoms with Gasteiger partial charge in [0.25, 0.3) is 5.91 Å². The molecule has 0 aliphatic carbocycles. The molecular weight excluding hydrogens is 426 g/mol. The van der Waals surface area contributed by atoms with Gasteiger partial charge in [-0.15, -0.1) is 0 Å². The Balaban J connectivity index is 1.36. The van der Waals surface area contributed by atoms with Crippen LogP contribution in [0.2, 0.25) is 0 Å². The summed E-state index contributed by atoms with van der Waals surface area (Å²) in [6.07, 6.45) is 0. The summed E-state index contributed by atoms with van der Waals surface area (Å²) in [6.45, 7) is -0.149. The van der Waals surface area contributed by atoms with Gasteiger partial charge in [-0.05, 0) is 47.2 Å². The van der Waals surface area contributed by atoms with E-state index in [0.717, 1.165) is 33.5 Å². The highest BCUT2D eigenvalue weighted by atomic mass is 32.2. The van der Waals surface area contributed by atoms with Gasteiger partial charge in [-0.3, -0.25) is 9.00 Å². The van der Waals surface area contributed by atoms with Crippen LogP contribution in [-0.2, 0) is 27.1 Å². The Morgan fingerprint density at radius 3 is 2.56 bits per heavy atom. The molecule has 1 aliphatic heterocycles. The average Bonchev–Trinajstić information content (AvgIpc) is 3.34. The Bertz CT molecular complexity index is 1330. The highest BCUT2D eigenvalue weighted by molar-refractivity contribution is 7.83. The van der Waals surface area contributed by atoms with Crippen LogP contribution in [0.15, 0.2) is 66.7 Å². The van der Waals surface area contributed by atoms with Crippen molar-refractivity contribution in [2.45, 2.75) is 11.5 Å². The first kappa shape index (κ1) is 20.3. The smallest absolute Gasteiger partial charge is 0.263 e. The highest BCUT2D eigenvalue weighted by Crippen LogP contribution is 2.31. The maximum atomic E-state index is 12.7. The van der Waals surface area contributed by atoms with E-state index in [0.29, 0.717) is 23.1 Å². The van der Waals surface area contributed by atoms with E-state index in [1.54, 1.807) is 11.8 Å². The Morgan fingerprint density at radius 1 is 1.03 bits per heavy atom. The van der Waals surface area contributed by atoms with Gasteiger partial charge in [-0.2, -0.15) is 5.10 Å². The minimum atomic E-state index is -1.01. The number of aromatic nitrogens is 2. The monoisotopic (exact) mass is 447 g/mol. The van der Waals surface area contributed by atoms with Gasteiger partial charge in [0.05, 0.1) is 30.0 Å². The molecule has 32 heavy (non-hydrogen) atoms. The number of amides is 1. The molecule has 4 aromatic rings. The summed E-state index contributed by atoms with van der Waals surface area (Å²) >= 11 is 0. The molecule has 7 nitrogen and oxygen atoms in total. The Labute approximate surface area is 187 Å². The molecule has 1 aromatic heterocycles. The van der Waals surface area contributed by atoms with Crippen LogP contribution in [0.25, 0.3) is 16.5 Å². The number of hydrogen-bond donors (Lipinski definition) is 1. The molecule has 0 saturated heterocycles. The number of nitrogens with one attached hydrogen (secondary N) is 1. The van der Waals surface area contributed by atoms with Gasteiger partial charge in [0.1, 0.15) is 17.3 Å². The van der Waals surface area contributed by atoms with E-state index in [-0.39, 0.29) is 12.5 Å². The molecule has 0 fully saturated rings. The molecule has 1 atom stereocenters. The molecule has 1 N–H and O–H groups in total. The lowest BCUT2D eigenvalue weighted by molar-refractivity contribution is -0.118. The van der Waals surface area contributed by atoms with E-state index < -0.39 is 10.8 Å². The number of ether oxygens (including phenoxy) is 2. The van der Waals surface area contributed by atoms with Crippen molar-refractivity contribution in [3.05, 3.63) is 78.0 Å². The predicted octanol–water partition coefficient (Wildman–Crippen LogP) is 3.81. The zero-order valence-electron chi connectivity index (χ0n) is 17.4. The molecule has 0 saturated carbocycles. The normalized spacial score (nSPS) is 14.8. The summed E-state index contributed by atoms with van der Waals surface area (Å²) in [5.74, 6) is 2.32. The van der Waals surface area contributed by atoms with Gasteiger partial charge in [0.2, 0.25) is 0 Å². The minimum Gasteiger partial charge on any atom is -0.497 e. The van der Waals surface area contributed by atoms with Crippen molar-refractivity contribution in [3.63, 3.8) is 0 Å². The van der Waals surface area contributed by atoms with Crippen LogP contribution >= 0.6 is 0 Å². The van der Waals surface area contributed by atoms with E-state index >= 15 is 0 Å². The van der Waals surface area contributed by atoms with Crippen molar-refractivity contribution in [1.82, 2.24) is 9.78 Å². The summed E-state index contributed by atoms with van der Waals surface area (Å²) < 4.78 is 24.7. The summed E-state index contributed by atoms with van der Waals surface area (Å²) in [5, 5.41) is 9.67. The first-order valence-corrected chi connectivity index (χ1v) is 11.6. The van der Waals surface area contributed by atoms with Crippen LogP contribution in [0.5, 0.6) is 11.5 Å². The lowest BCUT2D eigenvalue weighted by Gasteiger charge is -2.12. The molecule has 1 unspecified atom stereocenters. The largest absolute Gasteiger partial charge is 0.497 e. The number of anilines is 1. The molecule has 162 valence electrons. The van der Waals surface area contributed by atoms with Gasteiger partial charge >= 0.3 is 0 Å². The Hall–Kier alpha value is -3.65. The van der Waals surface area contributed by atoms with Gasteiger partial charge in [0, 0.05) is 16.4 Å². The second-order valence-corrected chi connectivity index (χ2v) is 8.91. The van der Waals surface area contributed by atoms with Crippen LogP contribution in [0.3, 0.4) is 0 Å². The molecule has 0 radical (unpaired) electrons. The van der Waals surface area contributed by atoms with E-state index in [1.165, 1.54) is 0 Å². The standard InChI is InChI=1S/C24H21N3O4S/c1-30-19-10-7-18(8-11-19)27-24(21-14-32(29)15-22(21)26-27)25-23(28)13-31-20-9-6-16-4-2-3-5-17(16)12-20/h2-12H,13-15H2,1H3,(H,25,28). The fraction of sp³-hybridized carbons (Fsp3) is 0.167. The molecule has 0 bridgehead atoms. The third-order valence-electron chi connectivity index (χ3n) is 5.34. The zero-order chi connectivity index (χ0) is 22.1. The Morgan fingerprint density at radius 2 is 1.78 bits per heavy atom. The van der Waals surface area contributed by atoms with Crippen molar-refractivity contribution >= 4 is 33.3 Å². The molecular formula is C24H21N3O4S. The maximum Gasteiger partial charge on any atom is 0.263 e. The van der Waals surface area contributed by atoms with Crippen molar-refractivity contribution in [3.8, 4) is 17.2 Å². The van der Waals surface area contributed by atoms with Crippen LogP contribution in [0.1, 0.15) is 11.3 Å². The zero-order valence-corrected chi connectivity index (χ0v) is 18.2. The van der Waals surface area contributed by atoms with Gasteiger partial charge in [0.15, 0.2) is 6.61 Å². The third-order valence-corrected chi connectivity index (χ3v) is 6.54. The first-order valence-electron chi connectivity index (χ1n) is 10.1. The number of nitrogens with zero attached hydrogens (tertiary/aromatic N) is 2. The van der Waals surface area contributed by atoms with Gasteiger partial charge < -0.3 is 14.8 Å². The highest BCUT2D eigenvalue weighted by Gasteiger charge is 2.28. The molecule has 0 spiro atoms. The molecule has 2 heterocycles. The van der Waals surface area contributed by atoms with E-state index in [1.807, 2.05) is 66.7 Å². The van der Waals surface area contributed by atoms with Crippen LogP contribution < -0.4 is 14.8 Å². The van der Waals surface area contributed by atoms with Crippen molar-refractivity contribution in [1.29, 1.82) is 0 Å². The topological polar surface area (TPSA) is 82.4 Å². The van der Waals surface area contributed by atoms with Gasteiger partial charge in [-0.25, -0.2) is 4.68 Å². The number of rotatable bonds is 6. The van der Waals surface area contributed by atoms with Crippen molar-refractivity contribution < 1.29 is 18.5 Å². The molecule has 1 aliphatic rings. The van der Waals surface area contributed by atoms with Gasteiger partial charge in [-0.1, -0.05) is 30.3 Å². The second kappa shape index (κ2) is 8.47. The summed E-state index contributed by atoms with van der Waals surface area (Å²) in [6, 6.07) is 21.1. The predicted molar refractivity (Wildman–Crippen MR) is 124 cm³/mol. The number of carbonyl (C=O) groups is 1. The molecule has 1 amide bonds. The lowest BCUT2D eigenvalue weighted by Crippen LogP contribution is -2.22. The summed E-state index contributed by atoms with van der Waals surface area (Å²) in [7, 11) is 0.597. The fourth-order valence-electron chi connectivity index (χ4n) is 3.74. The average molecular weight is 448 g/mol. The quantitative estimate of drug-likeness (QED) is 0.486. The number of methoxy groups -OCH3 is 1. The Kier molecular flexibility index (Phi) is 5.36. The van der Waals surface area contributed by atoms with E-state index in [2.05, 4.69) is 10.4 Å². The van der Waals surface area contributed by atoms with Crippen LogP contribution in [-0.4, -0.2) is 33.6 Å². The van der Waals surface area contributed by atoms with E-state index in [4.69, 9.17) is 9.47 Å². The number of hydrogen-bond acceptors (Lipinski definition) is 5. The lowest BCUT2D eigenvalue weighted by atomic mass is 10.1. The van der Waals surface area contributed by atoms with Crippen molar-refractivity contribution in [2.75, 3.05) is 19.0 Å². The summed E-state index contributed by atoms with van der Waals surface area (Å²) in [4.78, 5) is 12.7.